The van der Waals surface area contributed by atoms with Crippen LogP contribution < -0.4 is 0 Å². The van der Waals surface area contributed by atoms with Crippen LogP contribution in [0.1, 0.15) is 52.9 Å². The van der Waals surface area contributed by atoms with Gasteiger partial charge in [0.15, 0.2) is 6.29 Å². The normalized spacial score (nSPS) is 21.7. The maximum atomic E-state index is 6.14. The monoisotopic (exact) mass is 260 g/mol. The lowest BCUT2D eigenvalue weighted by Crippen LogP contribution is -2.33. The molecule has 0 heterocycles. The molecule has 2 atom stereocenters. The number of hydrogen-bond acceptors (Lipinski definition) is 3. The SMILES string of the molecule is CSCC(C)OC(OC1CCCCC1)C(C)C. The van der Waals surface area contributed by atoms with Gasteiger partial charge >= 0.3 is 0 Å². The third-order valence-electron chi connectivity index (χ3n) is 3.19. The second-order valence-electron chi connectivity index (χ2n) is 5.41. The first-order chi connectivity index (χ1) is 8.13. The average Bonchev–Trinajstić information content (AvgIpc) is 2.29. The summed E-state index contributed by atoms with van der Waals surface area (Å²) in [5.74, 6) is 1.47. The highest BCUT2D eigenvalue weighted by Crippen LogP contribution is 2.24. The number of thioether (sulfide) groups is 1. The fourth-order valence-corrected chi connectivity index (χ4v) is 2.79. The van der Waals surface area contributed by atoms with Gasteiger partial charge in [-0.1, -0.05) is 33.1 Å². The highest BCUT2D eigenvalue weighted by atomic mass is 32.2. The van der Waals surface area contributed by atoms with Crippen molar-refractivity contribution in [3.63, 3.8) is 0 Å². The lowest BCUT2D eigenvalue weighted by atomic mass is 9.97. The molecular weight excluding hydrogens is 232 g/mol. The van der Waals surface area contributed by atoms with E-state index in [0.29, 0.717) is 12.0 Å². The van der Waals surface area contributed by atoms with Crippen LogP contribution >= 0.6 is 11.8 Å². The number of hydrogen-bond donors (Lipinski definition) is 0. The van der Waals surface area contributed by atoms with E-state index in [1.165, 1.54) is 32.1 Å². The van der Waals surface area contributed by atoms with E-state index in [-0.39, 0.29) is 12.4 Å². The molecule has 1 aliphatic carbocycles. The Morgan fingerprint density at radius 1 is 1.12 bits per heavy atom. The minimum Gasteiger partial charge on any atom is -0.349 e. The molecule has 2 nitrogen and oxygen atoms in total. The average molecular weight is 260 g/mol. The van der Waals surface area contributed by atoms with Gasteiger partial charge in [0.2, 0.25) is 0 Å². The molecule has 3 heteroatoms. The van der Waals surface area contributed by atoms with Crippen molar-refractivity contribution in [2.75, 3.05) is 12.0 Å². The molecular formula is C14H28O2S. The van der Waals surface area contributed by atoms with Gasteiger partial charge in [-0.25, -0.2) is 0 Å². The van der Waals surface area contributed by atoms with E-state index >= 15 is 0 Å². The maximum absolute atomic E-state index is 6.14. The van der Waals surface area contributed by atoms with Crippen molar-refractivity contribution in [1.29, 1.82) is 0 Å². The first kappa shape index (κ1) is 15.3. The Balaban J connectivity index is 2.36. The zero-order valence-corrected chi connectivity index (χ0v) is 12.6. The van der Waals surface area contributed by atoms with Crippen molar-refractivity contribution in [1.82, 2.24) is 0 Å². The van der Waals surface area contributed by atoms with Gasteiger partial charge < -0.3 is 9.47 Å². The molecule has 1 aliphatic rings. The van der Waals surface area contributed by atoms with Gasteiger partial charge in [-0.15, -0.1) is 0 Å². The Morgan fingerprint density at radius 2 is 1.76 bits per heavy atom. The zero-order chi connectivity index (χ0) is 12.7. The molecule has 0 spiro atoms. The summed E-state index contributed by atoms with van der Waals surface area (Å²) >= 11 is 1.83. The molecule has 0 aromatic rings. The van der Waals surface area contributed by atoms with Crippen LogP contribution in [0.25, 0.3) is 0 Å². The molecule has 0 aliphatic heterocycles. The predicted molar refractivity (Wildman–Crippen MR) is 75.5 cm³/mol. The topological polar surface area (TPSA) is 18.5 Å². The van der Waals surface area contributed by atoms with Gasteiger partial charge in [-0.05, 0) is 26.0 Å². The molecule has 0 bridgehead atoms. The minimum absolute atomic E-state index is 0.0275. The Hall–Kier alpha value is 0.270. The second kappa shape index (κ2) is 8.39. The Morgan fingerprint density at radius 3 is 2.29 bits per heavy atom. The summed E-state index contributed by atoms with van der Waals surface area (Å²) in [6, 6.07) is 0. The van der Waals surface area contributed by atoms with Crippen LogP contribution in [0.2, 0.25) is 0 Å². The third kappa shape index (κ3) is 6.12. The van der Waals surface area contributed by atoms with Gasteiger partial charge in [0, 0.05) is 11.7 Å². The summed E-state index contributed by atoms with van der Waals surface area (Å²) in [5.41, 5.74) is 0. The maximum Gasteiger partial charge on any atom is 0.160 e. The van der Waals surface area contributed by atoms with Crippen molar-refractivity contribution >= 4 is 11.8 Å². The van der Waals surface area contributed by atoms with Crippen LogP contribution in [0.3, 0.4) is 0 Å². The largest absolute Gasteiger partial charge is 0.349 e. The van der Waals surface area contributed by atoms with Crippen molar-refractivity contribution in [2.24, 2.45) is 5.92 Å². The molecule has 0 amide bonds. The first-order valence-corrected chi connectivity index (χ1v) is 8.32. The van der Waals surface area contributed by atoms with E-state index in [9.17, 15) is 0 Å². The van der Waals surface area contributed by atoms with Crippen LogP contribution in [-0.4, -0.2) is 30.5 Å². The Kier molecular flexibility index (Phi) is 7.56. The van der Waals surface area contributed by atoms with Crippen LogP contribution in [0, 0.1) is 5.92 Å². The van der Waals surface area contributed by atoms with E-state index in [0.717, 1.165) is 5.75 Å². The molecule has 0 radical (unpaired) electrons. The van der Waals surface area contributed by atoms with Crippen LogP contribution in [-0.2, 0) is 9.47 Å². The number of rotatable bonds is 7. The highest BCUT2D eigenvalue weighted by molar-refractivity contribution is 7.98. The van der Waals surface area contributed by atoms with Crippen molar-refractivity contribution < 1.29 is 9.47 Å². The van der Waals surface area contributed by atoms with Gasteiger partial charge in [0.25, 0.3) is 0 Å². The van der Waals surface area contributed by atoms with Crippen LogP contribution in [0.5, 0.6) is 0 Å². The lowest BCUT2D eigenvalue weighted by molar-refractivity contribution is -0.211. The molecule has 2 unspecified atom stereocenters. The van der Waals surface area contributed by atoms with Gasteiger partial charge in [-0.3, -0.25) is 0 Å². The molecule has 1 fully saturated rings. The summed E-state index contributed by atoms with van der Waals surface area (Å²) < 4.78 is 12.2. The highest BCUT2D eigenvalue weighted by Gasteiger charge is 2.23. The Bertz CT molecular complexity index is 191. The third-order valence-corrected chi connectivity index (χ3v) is 3.99. The van der Waals surface area contributed by atoms with E-state index in [1.54, 1.807) is 0 Å². The summed E-state index contributed by atoms with van der Waals surface area (Å²) in [6.07, 6.45) is 9.22. The van der Waals surface area contributed by atoms with Crippen molar-refractivity contribution in [3.05, 3.63) is 0 Å². The summed E-state index contributed by atoms with van der Waals surface area (Å²) in [7, 11) is 0. The molecule has 0 aromatic heterocycles. The van der Waals surface area contributed by atoms with E-state index in [1.807, 2.05) is 11.8 Å². The van der Waals surface area contributed by atoms with Crippen LogP contribution in [0.4, 0.5) is 0 Å². The van der Waals surface area contributed by atoms with E-state index < -0.39 is 0 Å². The molecule has 0 saturated heterocycles. The molecule has 0 N–H and O–H groups in total. The summed E-state index contributed by atoms with van der Waals surface area (Å²) in [5, 5.41) is 0. The second-order valence-corrected chi connectivity index (χ2v) is 6.32. The summed E-state index contributed by atoms with van der Waals surface area (Å²) in [4.78, 5) is 0. The van der Waals surface area contributed by atoms with E-state index in [4.69, 9.17) is 9.47 Å². The molecule has 0 aromatic carbocycles. The van der Waals surface area contributed by atoms with Crippen molar-refractivity contribution in [3.8, 4) is 0 Å². The van der Waals surface area contributed by atoms with Crippen molar-refractivity contribution in [2.45, 2.75) is 71.4 Å². The molecule has 17 heavy (non-hydrogen) atoms. The van der Waals surface area contributed by atoms with Crippen LogP contribution in [0.15, 0.2) is 0 Å². The first-order valence-electron chi connectivity index (χ1n) is 6.93. The summed E-state index contributed by atoms with van der Waals surface area (Å²) in [6.45, 7) is 6.49. The van der Waals surface area contributed by atoms with Gasteiger partial charge in [-0.2, -0.15) is 11.8 Å². The van der Waals surface area contributed by atoms with Gasteiger partial charge in [0.05, 0.1) is 12.2 Å². The lowest BCUT2D eigenvalue weighted by Gasteiger charge is -2.31. The minimum atomic E-state index is -0.0275. The quantitative estimate of drug-likeness (QED) is 0.642. The van der Waals surface area contributed by atoms with Gasteiger partial charge in [0.1, 0.15) is 0 Å². The fourth-order valence-electron chi connectivity index (χ4n) is 2.24. The smallest absolute Gasteiger partial charge is 0.160 e. The molecule has 102 valence electrons. The standard InChI is InChI=1S/C14H28O2S/c1-11(2)14(15-12(3)10-17-4)16-13-8-6-5-7-9-13/h11-14H,5-10H2,1-4H3. The molecule has 1 rings (SSSR count). The zero-order valence-electron chi connectivity index (χ0n) is 11.8. The fraction of sp³-hybridized carbons (Fsp3) is 1.00. The van der Waals surface area contributed by atoms with E-state index in [2.05, 4.69) is 27.0 Å². The molecule has 1 saturated carbocycles. The Labute approximate surface area is 111 Å². The predicted octanol–water partition coefficient (Wildman–Crippen LogP) is 4.09. The number of ether oxygens (including phenoxy) is 2.